The quantitative estimate of drug-likeness (QED) is 0.573. The highest BCUT2D eigenvalue weighted by Crippen LogP contribution is 2.46. The third-order valence-electron chi connectivity index (χ3n) is 5.82. The van der Waals surface area contributed by atoms with Crippen LogP contribution in [0.25, 0.3) is 0 Å². The topological polar surface area (TPSA) is 72.9 Å². The van der Waals surface area contributed by atoms with Crippen LogP contribution in [0.2, 0.25) is 0 Å². The molecule has 1 saturated heterocycles. The second-order valence-electron chi connectivity index (χ2n) is 7.77. The summed E-state index contributed by atoms with van der Waals surface area (Å²) in [6.07, 6.45) is -4.57. The zero-order valence-corrected chi connectivity index (χ0v) is 19.3. The molecule has 0 aliphatic carbocycles. The summed E-state index contributed by atoms with van der Waals surface area (Å²) in [6, 6.07) is 7.78. The van der Waals surface area contributed by atoms with E-state index in [9.17, 15) is 26.4 Å². The normalized spacial score (nSPS) is 18.8. The number of alkyl halides is 3. The number of ether oxygens (including phenoxy) is 2. The van der Waals surface area contributed by atoms with Crippen LogP contribution in [-0.4, -0.2) is 44.3 Å². The number of hydrogen-bond acceptors (Lipinski definition) is 5. The molecule has 0 radical (unpaired) electrons. The third kappa shape index (κ3) is 4.01. The first-order chi connectivity index (χ1) is 15.0. The van der Waals surface area contributed by atoms with E-state index in [4.69, 9.17) is 9.47 Å². The standard InChI is InChI=1S/C21H19BrF3NO5S/c1-30-18-6-5-13(11-16(18)22)32(28,29)26-9-7-20(8-10-26)12-17(27)14-3-2-4-15(19(14)31-20)21(23,24)25/h2-6,11H,7-10,12H2,1H3. The molecular weight excluding hydrogens is 515 g/mol. The second kappa shape index (κ2) is 8.03. The number of ketones is 1. The number of fused-ring (bicyclic) bond motifs is 1. The molecule has 1 fully saturated rings. The molecule has 0 amide bonds. The van der Waals surface area contributed by atoms with Gasteiger partial charge in [-0.1, -0.05) is 6.07 Å². The summed E-state index contributed by atoms with van der Waals surface area (Å²) in [7, 11) is -2.38. The molecule has 0 bridgehead atoms. The molecule has 2 aliphatic heterocycles. The van der Waals surface area contributed by atoms with Gasteiger partial charge in [0.05, 0.1) is 34.0 Å². The summed E-state index contributed by atoms with van der Waals surface area (Å²) in [5.74, 6) is -0.422. The Kier molecular flexibility index (Phi) is 5.79. The van der Waals surface area contributed by atoms with Crippen molar-refractivity contribution < 1.29 is 35.9 Å². The molecule has 2 aromatic carbocycles. The monoisotopic (exact) mass is 533 g/mol. The predicted octanol–water partition coefficient (Wildman–Crippen LogP) is 4.67. The summed E-state index contributed by atoms with van der Waals surface area (Å²) in [5.41, 5.74) is -2.26. The highest BCUT2D eigenvalue weighted by atomic mass is 79.9. The number of benzene rings is 2. The summed E-state index contributed by atoms with van der Waals surface area (Å²) in [5, 5.41) is 0. The van der Waals surface area contributed by atoms with E-state index in [1.807, 2.05) is 0 Å². The smallest absolute Gasteiger partial charge is 0.419 e. The number of hydrogen-bond donors (Lipinski definition) is 0. The van der Waals surface area contributed by atoms with Crippen molar-refractivity contribution in [3.05, 3.63) is 52.0 Å². The molecule has 2 aliphatic rings. The van der Waals surface area contributed by atoms with Crippen LogP contribution in [0, 0.1) is 0 Å². The first-order valence-corrected chi connectivity index (χ1v) is 12.0. The van der Waals surface area contributed by atoms with Crippen LogP contribution >= 0.6 is 15.9 Å². The van der Waals surface area contributed by atoms with Crippen molar-refractivity contribution in [3.63, 3.8) is 0 Å². The lowest BCUT2D eigenvalue weighted by Gasteiger charge is -2.44. The maximum absolute atomic E-state index is 13.5. The Morgan fingerprint density at radius 3 is 2.44 bits per heavy atom. The molecule has 0 aromatic heterocycles. The Labute approximate surface area is 191 Å². The van der Waals surface area contributed by atoms with Crippen molar-refractivity contribution in [3.8, 4) is 11.5 Å². The summed E-state index contributed by atoms with van der Waals surface area (Å²) >= 11 is 3.27. The van der Waals surface area contributed by atoms with Crippen LogP contribution in [0.3, 0.4) is 0 Å². The molecule has 1 spiro atoms. The Balaban J connectivity index is 1.58. The SMILES string of the molecule is COc1ccc(S(=O)(=O)N2CCC3(CC2)CC(=O)c2cccc(C(F)(F)F)c2O3)cc1Br. The fourth-order valence-corrected chi connectivity index (χ4v) is 6.26. The molecule has 32 heavy (non-hydrogen) atoms. The molecule has 4 rings (SSSR count). The number of nitrogens with zero attached hydrogens (tertiary/aromatic N) is 1. The highest BCUT2D eigenvalue weighted by molar-refractivity contribution is 9.10. The molecule has 0 unspecified atom stereocenters. The fraction of sp³-hybridized carbons (Fsp3) is 0.381. The van der Waals surface area contributed by atoms with Crippen LogP contribution in [0.15, 0.2) is 45.8 Å². The van der Waals surface area contributed by atoms with Gasteiger partial charge < -0.3 is 9.47 Å². The summed E-state index contributed by atoms with van der Waals surface area (Å²) < 4.78 is 79.2. The molecule has 172 valence electrons. The minimum Gasteiger partial charge on any atom is -0.496 e. The van der Waals surface area contributed by atoms with E-state index in [0.29, 0.717) is 10.2 Å². The Bertz CT molecular complexity index is 1170. The molecule has 6 nitrogen and oxygen atoms in total. The van der Waals surface area contributed by atoms with Crippen LogP contribution in [0.4, 0.5) is 13.2 Å². The number of para-hydroxylation sites is 1. The lowest BCUT2D eigenvalue weighted by molar-refractivity contribution is -0.140. The molecule has 0 N–H and O–H groups in total. The van der Waals surface area contributed by atoms with Crippen LogP contribution in [0.1, 0.15) is 35.2 Å². The first kappa shape index (κ1) is 23.1. The number of carbonyl (C=O) groups excluding carboxylic acids is 1. The van der Waals surface area contributed by atoms with Gasteiger partial charge in [-0.25, -0.2) is 8.42 Å². The number of sulfonamides is 1. The number of piperidine rings is 1. The molecule has 0 saturated carbocycles. The van der Waals surface area contributed by atoms with E-state index < -0.39 is 38.9 Å². The van der Waals surface area contributed by atoms with Gasteiger partial charge in [-0.2, -0.15) is 17.5 Å². The van der Waals surface area contributed by atoms with E-state index in [1.54, 1.807) is 0 Å². The highest BCUT2D eigenvalue weighted by Gasteiger charge is 2.48. The molecule has 2 aromatic rings. The van der Waals surface area contributed by atoms with E-state index in [2.05, 4.69) is 15.9 Å². The predicted molar refractivity (Wildman–Crippen MR) is 112 cm³/mol. The number of Topliss-reactive ketones (excluding diaryl/α,β-unsaturated/α-hetero) is 1. The van der Waals surface area contributed by atoms with Gasteiger partial charge in [-0.3, -0.25) is 4.79 Å². The molecule has 2 heterocycles. The van der Waals surface area contributed by atoms with Crippen molar-refractivity contribution in [1.82, 2.24) is 4.31 Å². The van der Waals surface area contributed by atoms with E-state index in [1.165, 1.54) is 41.7 Å². The zero-order chi connectivity index (χ0) is 23.3. The van der Waals surface area contributed by atoms with Crippen molar-refractivity contribution in [2.75, 3.05) is 20.2 Å². The number of carbonyl (C=O) groups is 1. The van der Waals surface area contributed by atoms with Crippen molar-refractivity contribution in [2.24, 2.45) is 0 Å². The summed E-state index contributed by atoms with van der Waals surface area (Å²) in [4.78, 5) is 12.7. The lowest BCUT2D eigenvalue weighted by atomic mass is 9.82. The van der Waals surface area contributed by atoms with E-state index >= 15 is 0 Å². The first-order valence-electron chi connectivity index (χ1n) is 9.73. The fourth-order valence-electron chi connectivity index (χ4n) is 4.10. The number of rotatable bonds is 3. The average Bonchev–Trinajstić information content (AvgIpc) is 2.73. The van der Waals surface area contributed by atoms with Gasteiger partial charge in [0, 0.05) is 25.9 Å². The third-order valence-corrected chi connectivity index (χ3v) is 8.33. The maximum Gasteiger partial charge on any atom is 0.419 e. The minimum atomic E-state index is -4.67. The van der Waals surface area contributed by atoms with Crippen LogP contribution in [0.5, 0.6) is 11.5 Å². The zero-order valence-electron chi connectivity index (χ0n) is 16.9. The Morgan fingerprint density at radius 1 is 1.16 bits per heavy atom. The van der Waals surface area contributed by atoms with Gasteiger partial charge in [-0.15, -0.1) is 0 Å². The Hall–Kier alpha value is -2.11. The van der Waals surface area contributed by atoms with Gasteiger partial charge in [0.15, 0.2) is 5.78 Å². The van der Waals surface area contributed by atoms with Crippen molar-refractivity contribution in [2.45, 2.75) is 35.9 Å². The second-order valence-corrected chi connectivity index (χ2v) is 10.6. The molecule has 11 heteroatoms. The average molecular weight is 534 g/mol. The lowest BCUT2D eigenvalue weighted by Crippen LogP contribution is -2.52. The van der Waals surface area contributed by atoms with Crippen molar-refractivity contribution >= 4 is 31.7 Å². The number of methoxy groups -OCH3 is 1. The van der Waals surface area contributed by atoms with Gasteiger partial charge in [-0.05, 0) is 46.3 Å². The van der Waals surface area contributed by atoms with Crippen LogP contribution < -0.4 is 9.47 Å². The molecular formula is C21H19BrF3NO5S. The number of halogens is 4. The van der Waals surface area contributed by atoms with E-state index in [-0.39, 0.29) is 42.8 Å². The molecule has 0 atom stereocenters. The Morgan fingerprint density at radius 2 is 1.84 bits per heavy atom. The summed E-state index contributed by atoms with van der Waals surface area (Å²) in [6.45, 7) is 0.0333. The largest absolute Gasteiger partial charge is 0.496 e. The van der Waals surface area contributed by atoms with Gasteiger partial charge in [0.1, 0.15) is 17.1 Å². The van der Waals surface area contributed by atoms with Crippen molar-refractivity contribution in [1.29, 1.82) is 0 Å². The maximum atomic E-state index is 13.5. The van der Waals surface area contributed by atoms with Crippen LogP contribution in [-0.2, 0) is 16.2 Å². The minimum absolute atomic E-state index is 0.0166. The van der Waals surface area contributed by atoms with Gasteiger partial charge in [0.2, 0.25) is 10.0 Å². The van der Waals surface area contributed by atoms with Gasteiger partial charge in [0.25, 0.3) is 0 Å². The van der Waals surface area contributed by atoms with Gasteiger partial charge >= 0.3 is 6.18 Å². The van der Waals surface area contributed by atoms with E-state index in [0.717, 1.165) is 6.07 Å².